The van der Waals surface area contributed by atoms with Gasteiger partial charge in [0.1, 0.15) is 5.75 Å². The fraction of sp³-hybridized carbons (Fsp3) is 0.125. The molecule has 1 heterocycles. The second-order valence-corrected chi connectivity index (χ2v) is 5.56. The highest BCUT2D eigenvalue weighted by Gasteiger charge is 2.18. The van der Waals surface area contributed by atoms with Crippen molar-refractivity contribution in [3.05, 3.63) is 54.6 Å². The van der Waals surface area contributed by atoms with Crippen LogP contribution in [-0.4, -0.2) is 21.4 Å². The van der Waals surface area contributed by atoms with Crippen LogP contribution in [0.15, 0.2) is 59.8 Å². The van der Waals surface area contributed by atoms with Gasteiger partial charge < -0.3 is 4.74 Å². The third-order valence-electron chi connectivity index (χ3n) is 2.93. The summed E-state index contributed by atoms with van der Waals surface area (Å²) in [4.78, 5) is 17.0. The van der Waals surface area contributed by atoms with Crippen molar-refractivity contribution in [3.8, 4) is 5.75 Å². The first kappa shape index (κ1) is 13.7. The summed E-state index contributed by atoms with van der Waals surface area (Å²) < 4.78 is 6.95. The summed E-state index contributed by atoms with van der Waals surface area (Å²) in [5.74, 6) is 1.36. The summed E-state index contributed by atoms with van der Waals surface area (Å²) in [6.45, 7) is 2.02. The quantitative estimate of drug-likeness (QED) is 0.680. The van der Waals surface area contributed by atoms with Crippen LogP contribution in [0.5, 0.6) is 5.75 Å². The van der Waals surface area contributed by atoms with E-state index in [0.717, 1.165) is 16.8 Å². The second-order valence-electron chi connectivity index (χ2n) is 4.33. The van der Waals surface area contributed by atoms with Gasteiger partial charge in [0.25, 0.3) is 0 Å². The monoisotopic (exact) mass is 298 g/mol. The van der Waals surface area contributed by atoms with Crippen molar-refractivity contribution in [1.29, 1.82) is 0 Å². The zero-order valence-corrected chi connectivity index (χ0v) is 12.3. The minimum atomic E-state index is -0.439. The molecule has 0 bridgehead atoms. The summed E-state index contributed by atoms with van der Waals surface area (Å²) in [5, 5.41) is 0.652. The van der Waals surface area contributed by atoms with E-state index in [1.165, 1.54) is 16.3 Å². The van der Waals surface area contributed by atoms with Crippen LogP contribution in [0.1, 0.15) is 6.92 Å². The number of hydrogen-bond acceptors (Lipinski definition) is 4. The summed E-state index contributed by atoms with van der Waals surface area (Å²) in [6, 6.07) is 16.6. The normalized spacial score (nSPS) is 10.7. The molecule has 0 aliphatic carbocycles. The molecule has 21 heavy (non-hydrogen) atoms. The number of thioether (sulfide) groups is 1. The highest BCUT2D eigenvalue weighted by atomic mass is 32.2. The Bertz CT molecular complexity index is 768. The number of rotatable bonds is 3. The fourth-order valence-electron chi connectivity index (χ4n) is 2.04. The van der Waals surface area contributed by atoms with E-state index < -0.39 is 6.09 Å². The van der Waals surface area contributed by atoms with Gasteiger partial charge >= 0.3 is 6.09 Å². The van der Waals surface area contributed by atoms with Crippen LogP contribution in [0.2, 0.25) is 0 Å². The van der Waals surface area contributed by atoms with Crippen LogP contribution in [0, 0.1) is 0 Å². The summed E-state index contributed by atoms with van der Waals surface area (Å²) >= 11 is 1.52. The molecule has 2 aromatic carbocycles. The lowest BCUT2D eigenvalue weighted by atomic mass is 10.3. The Morgan fingerprint density at radius 3 is 2.62 bits per heavy atom. The molecule has 0 atom stereocenters. The maximum absolute atomic E-state index is 12.5. The molecule has 3 rings (SSSR count). The molecular formula is C16H14N2O2S. The Balaban J connectivity index is 2.01. The number of hydrogen-bond donors (Lipinski definition) is 0. The zero-order chi connectivity index (χ0) is 14.7. The molecule has 0 aliphatic heterocycles. The van der Waals surface area contributed by atoms with Crippen molar-refractivity contribution in [2.45, 2.75) is 12.1 Å². The molecule has 106 valence electrons. The molecule has 5 heteroatoms. The minimum Gasteiger partial charge on any atom is -0.410 e. The van der Waals surface area contributed by atoms with E-state index in [4.69, 9.17) is 4.74 Å². The molecule has 0 saturated heterocycles. The SMILES string of the molecule is CCSc1nc2ccccc2n1C(=O)Oc1ccccc1. The van der Waals surface area contributed by atoms with Gasteiger partial charge in [-0.15, -0.1) is 0 Å². The Morgan fingerprint density at radius 1 is 1.14 bits per heavy atom. The van der Waals surface area contributed by atoms with Crippen LogP contribution in [0.4, 0.5) is 4.79 Å². The predicted octanol–water partition coefficient (Wildman–Crippen LogP) is 4.20. The summed E-state index contributed by atoms with van der Waals surface area (Å²) in [5.41, 5.74) is 1.55. The van der Waals surface area contributed by atoms with Crippen molar-refractivity contribution in [3.63, 3.8) is 0 Å². The van der Waals surface area contributed by atoms with Gasteiger partial charge in [0.2, 0.25) is 0 Å². The summed E-state index contributed by atoms with van der Waals surface area (Å²) in [6.07, 6.45) is -0.439. The standard InChI is InChI=1S/C16H14N2O2S/c1-2-21-15-17-13-10-6-7-11-14(13)18(15)16(19)20-12-8-4-3-5-9-12/h3-11H,2H2,1H3. The lowest BCUT2D eigenvalue weighted by Gasteiger charge is -2.07. The van der Waals surface area contributed by atoms with E-state index in [2.05, 4.69) is 4.98 Å². The van der Waals surface area contributed by atoms with E-state index >= 15 is 0 Å². The van der Waals surface area contributed by atoms with Gasteiger partial charge in [0.15, 0.2) is 5.16 Å². The molecule has 0 spiro atoms. The molecule has 0 fully saturated rings. The molecule has 0 aliphatic rings. The van der Waals surface area contributed by atoms with E-state index in [-0.39, 0.29) is 0 Å². The van der Waals surface area contributed by atoms with Gasteiger partial charge in [-0.2, -0.15) is 0 Å². The van der Waals surface area contributed by atoms with E-state index in [9.17, 15) is 4.79 Å². The summed E-state index contributed by atoms with van der Waals surface area (Å²) in [7, 11) is 0. The van der Waals surface area contributed by atoms with E-state index in [1.807, 2.05) is 49.4 Å². The van der Waals surface area contributed by atoms with Crippen molar-refractivity contribution < 1.29 is 9.53 Å². The third-order valence-corrected chi connectivity index (χ3v) is 3.76. The molecule has 0 N–H and O–H groups in total. The molecule has 0 unspecified atom stereocenters. The van der Waals surface area contributed by atoms with E-state index in [0.29, 0.717) is 10.9 Å². The maximum atomic E-state index is 12.5. The molecule has 0 amide bonds. The van der Waals surface area contributed by atoms with Crippen LogP contribution >= 0.6 is 11.8 Å². The lowest BCUT2D eigenvalue weighted by Crippen LogP contribution is -2.17. The van der Waals surface area contributed by atoms with Gasteiger partial charge in [-0.3, -0.25) is 0 Å². The average molecular weight is 298 g/mol. The highest BCUT2D eigenvalue weighted by Crippen LogP contribution is 2.24. The number of para-hydroxylation sites is 3. The number of benzene rings is 2. The second kappa shape index (κ2) is 6.01. The van der Waals surface area contributed by atoms with Crippen LogP contribution in [0.3, 0.4) is 0 Å². The smallest absolute Gasteiger partial charge is 0.410 e. The maximum Gasteiger partial charge on any atom is 0.426 e. The van der Waals surface area contributed by atoms with Gasteiger partial charge in [0, 0.05) is 0 Å². The highest BCUT2D eigenvalue weighted by molar-refractivity contribution is 7.99. The third kappa shape index (κ3) is 2.78. The molecule has 0 radical (unpaired) electrons. The number of carbonyl (C=O) groups excluding carboxylic acids is 1. The topological polar surface area (TPSA) is 44.1 Å². The first-order valence-electron chi connectivity index (χ1n) is 6.67. The Kier molecular flexibility index (Phi) is 3.92. The minimum absolute atomic E-state index is 0.439. The van der Waals surface area contributed by atoms with Gasteiger partial charge in [0.05, 0.1) is 11.0 Å². The number of ether oxygens (including phenoxy) is 1. The van der Waals surface area contributed by atoms with Gasteiger partial charge in [-0.05, 0) is 30.0 Å². The number of aromatic nitrogens is 2. The fourth-order valence-corrected chi connectivity index (χ4v) is 2.76. The van der Waals surface area contributed by atoms with Crippen molar-refractivity contribution in [2.75, 3.05) is 5.75 Å². The first-order chi connectivity index (χ1) is 10.3. The molecule has 0 saturated carbocycles. The van der Waals surface area contributed by atoms with Crippen molar-refractivity contribution in [2.24, 2.45) is 0 Å². The van der Waals surface area contributed by atoms with Crippen molar-refractivity contribution >= 4 is 28.9 Å². The van der Waals surface area contributed by atoms with Crippen LogP contribution in [0.25, 0.3) is 11.0 Å². The number of fused-ring (bicyclic) bond motifs is 1. The number of nitrogens with zero attached hydrogens (tertiary/aromatic N) is 2. The Hall–Kier alpha value is -2.27. The van der Waals surface area contributed by atoms with Crippen LogP contribution in [-0.2, 0) is 0 Å². The Labute approximate surface area is 126 Å². The molecule has 3 aromatic rings. The van der Waals surface area contributed by atoms with Crippen LogP contribution < -0.4 is 4.74 Å². The lowest BCUT2D eigenvalue weighted by molar-refractivity contribution is 0.201. The van der Waals surface area contributed by atoms with Gasteiger partial charge in [-0.25, -0.2) is 14.3 Å². The average Bonchev–Trinajstić information content (AvgIpc) is 2.86. The zero-order valence-electron chi connectivity index (χ0n) is 11.5. The number of carbonyl (C=O) groups is 1. The van der Waals surface area contributed by atoms with Gasteiger partial charge in [-0.1, -0.05) is 49.0 Å². The Morgan fingerprint density at radius 2 is 1.86 bits per heavy atom. The first-order valence-corrected chi connectivity index (χ1v) is 7.65. The van der Waals surface area contributed by atoms with E-state index in [1.54, 1.807) is 12.1 Å². The largest absolute Gasteiger partial charge is 0.426 e. The predicted molar refractivity (Wildman–Crippen MR) is 84.0 cm³/mol. The number of imidazole rings is 1. The molecular weight excluding hydrogens is 284 g/mol. The van der Waals surface area contributed by atoms with Crippen molar-refractivity contribution in [1.82, 2.24) is 9.55 Å². The molecule has 4 nitrogen and oxygen atoms in total. The molecule has 1 aromatic heterocycles.